The number of carbonyl (C=O) groups is 1. The Morgan fingerprint density at radius 3 is 2.41 bits per heavy atom. The number of carbonyl (C=O) groups excluding carboxylic acids is 1. The smallest absolute Gasteiger partial charge is 0.238 e. The van der Waals surface area contributed by atoms with Gasteiger partial charge >= 0.3 is 0 Å². The fourth-order valence-electron chi connectivity index (χ4n) is 3.07. The predicted octanol–water partition coefficient (Wildman–Crippen LogP) is 3.73. The van der Waals surface area contributed by atoms with E-state index in [1.54, 1.807) is 30.3 Å². The molecule has 0 saturated heterocycles. The van der Waals surface area contributed by atoms with Crippen molar-refractivity contribution in [1.82, 2.24) is 0 Å². The topological polar surface area (TPSA) is 113 Å². The van der Waals surface area contributed by atoms with E-state index in [9.17, 15) is 22.9 Å². The van der Waals surface area contributed by atoms with Crippen LogP contribution in [0.1, 0.15) is 18.1 Å². The highest BCUT2D eigenvalue weighted by molar-refractivity contribution is 7.89. The van der Waals surface area contributed by atoms with Gasteiger partial charge in [-0.15, -0.1) is 0 Å². The van der Waals surface area contributed by atoms with E-state index in [4.69, 9.17) is 9.88 Å². The maximum Gasteiger partial charge on any atom is 0.238 e. The number of hydrogen-bond donors (Lipinski definition) is 1. The van der Waals surface area contributed by atoms with Gasteiger partial charge in [0.15, 0.2) is 11.6 Å². The number of rotatable bonds is 7. The van der Waals surface area contributed by atoms with E-state index >= 15 is 0 Å². The molecule has 1 amide bonds. The van der Waals surface area contributed by atoms with Crippen LogP contribution in [0.15, 0.2) is 71.6 Å². The molecule has 0 heterocycles. The largest absolute Gasteiger partial charge is 0.453 e. The third kappa shape index (κ3) is 5.49. The molecule has 0 bridgehead atoms. The molecule has 2 N–H and O–H groups in total. The van der Waals surface area contributed by atoms with Gasteiger partial charge in [0, 0.05) is 19.2 Å². The van der Waals surface area contributed by atoms with Gasteiger partial charge in [-0.25, -0.2) is 17.9 Å². The van der Waals surface area contributed by atoms with Crippen molar-refractivity contribution in [2.75, 3.05) is 11.4 Å². The number of halogens is 1. The quantitative estimate of drug-likeness (QED) is 0.586. The number of benzene rings is 3. The van der Waals surface area contributed by atoms with E-state index in [2.05, 4.69) is 0 Å². The maximum atomic E-state index is 14.3. The molecule has 32 heavy (non-hydrogen) atoms. The SMILES string of the molecule is CC(=O)N(CCc1ccc(F)c(Oc2ccccc2C#N)c1)c1ccc(S(N)(=O)=O)cc1. The van der Waals surface area contributed by atoms with Crippen molar-refractivity contribution in [1.29, 1.82) is 5.26 Å². The molecule has 0 aromatic heterocycles. The van der Waals surface area contributed by atoms with Crippen LogP contribution < -0.4 is 14.8 Å². The first-order chi connectivity index (χ1) is 15.2. The normalized spacial score (nSPS) is 10.9. The molecule has 0 radical (unpaired) electrons. The first kappa shape index (κ1) is 22.9. The third-order valence-electron chi connectivity index (χ3n) is 4.70. The molecule has 0 saturated carbocycles. The monoisotopic (exact) mass is 453 g/mol. The number of ether oxygens (including phenoxy) is 1. The molecule has 0 aliphatic carbocycles. The van der Waals surface area contributed by atoms with Gasteiger partial charge in [-0.3, -0.25) is 4.79 Å². The van der Waals surface area contributed by atoms with Crippen LogP contribution in [0.25, 0.3) is 0 Å². The summed E-state index contributed by atoms with van der Waals surface area (Å²) in [6.45, 7) is 1.66. The number of nitriles is 1. The Kier molecular flexibility index (Phi) is 6.88. The highest BCUT2D eigenvalue weighted by Crippen LogP contribution is 2.28. The zero-order valence-corrected chi connectivity index (χ0v) is 18.0. The lowest BCUT2D eigenvalue weighted by Crippen LogP contribution is -2.30. The molecule has 9 heteroatoms. The van der Waals surface area contributed by atoms with Crippen LogP contribution in [0.2, 0.25) is 0 Å². The minimum atomic E-state index is -3.83. The van der Waals surface area contributed by atoms with Crippen molar-refractivity contribution in [3.8, 4) is 17.6 Å². The van der Waals surface area contributed by atoms with Crippen molar-refractivity contribution in [3.05, 3.63) is 83.7 Å². The van der Waals surface area contributed by atoms with E-state index in [-0.39, 0.29) is 34.4 Å². The third-order valence-corrected chi connectivity index (χ3v) is 5.63. The number of amides is 1. The summed E-state index contributed by atoms with van der Waals surface area (Å²) in [6, 6.07) is 18.5. The predicted molar refractivity (Wildman–Crippen MR) is 117 cm³/mol. The van der Waals surface area contributed by atoms with Crippen molar-refractivity contribution >= 4 is 21.6 Å². The van der Waals surface area contributed by atoms with Gasteiger partial charge in [0.25, 0.3) is 0 Å². The van der Waals surface area contributed by atoms with Crippen LogP contribution >= 0.6 is 0 Å². The van der Waals surface area contributed by atoms with Crippen LogP contribution in [0.4, 0.5) is 10.1 Å². The second kappa shape index (κ2) is 9.60. The molecule has 3 rings (SSSR count). The maximum absolute atomic E-state index is 14.3. The van der Waals surface area contributed by atoms with Crippen LogP contribution in [0, 0.1) is 17.1 Å². The van der Waals surface area contributed by atoms with Crippen molar-refractivity contribution in [2.24, 2.45) is 5.14 Å². The Morgan fingerprint density at radius 2 is 1.78 bits per heavy atom. The Hall–Kier alpha value is -3.74. The molecule has 0 unspecified atom stereocenters. The molecule has 0 spiro atoms. The molecular formula is C23H20FN3O4S. The lowest BCUT2D eigenvalue weighted by atomic mass is 10.1. The van der Waals surface area contributed by atoms with Gasteiger partial charge in [-0.2, -0.15) is 5.26 Å². The van der Waals surface area contributed by atoms with Crippen LogP contribution in [0.5, 0.6) is 11.5 Å². The molecule has 3 aromatic rings. The zero-order chi connectivity index (χ0) is 23.3. The van der Waals surface area contributed by atoms with Crippen molar-refractivity contribution in [3.63, 3.8) is 0 Å². The molecule has 0 fully saturated rings. The lowest BCUT2D eigenvalue weighted by molar-refractivity contribution is -0.116. The summed E-state index contributed by atoms with van der Waals surface area (Å²) < 4.78 is 42.7. The molecule has 0 atom stereocenters. The standard InChI is InChI=1S/C23H20FN3O4S/c1-16(28)27(19-7-9-20(10-8-19)32(26,29)30)13-12-17-6-11-21(24)23(14-17)31-22-5-3-2-4-18(22)15-25/h2-11,14H,12-13H2,1H3,(H2,26,29,30). The number of primary sulfonamides is 1. The average molecular weight is 453 g/mol. The number of para-hydroxylation sites is 1. The minimum Gasteiger partial charge on any atom is -0.453 e. The Morgan fingerprint density at radius 1 is 1.09 bits per heavy atom. The number of nitrogens with zero attached hydrogens (tertiary/aromatic N) is 2. The van der Waals surface area contributed by atoms with Gasteiger partial charge in [0.2, 0.25) is 15.9 Å². The average Bonchev–Trinajstić information content (AvgIpc) is 2.76. The Labute approximate surface area is 185 Å². The highest BCUT2D eigenvalue weighted by Gasteiger charge is 2.15. The molecule has 7 nitrogen and oxygen atoms in total. The van der Waals surface area contributed by atoms with Gasteiger partial charge < -0.3 is 9.64 Å². The minimum absolute atomic E-state index is 0.0305. The summed E-state index contributed by atoms with van der Waals surface area (Å²) in [5.41, 5.74) is 1.50. The van der Waals surface area contributed by atoms with Gasteiger partial charge in [0.05, 0.1) is 10.5 Å². The van der Waals surface area contributed by atoms with Crippen LogP contribution in [0.3, 0.4) is 0 Å². The summed E-state index contributed by atoms with van der Waals surface area (Å²) in [5, 5.41) is 14.3. The highest BCUT2D eigenvalue weighted by atomic mass is 32.2. The van der Waals surface area contributed by atoms with Crippen molar-refractivity contribution in [2.45, 2.75) is 18.2 Å². The summed E-state index contributed by atoms with van der Waals surface area (Å²) in [5.74, 6) is -0.609. The van der Waals surface area contributed by atoms with Crippen LogP contribution in [-0.2, 0) is 21.2 Å². The van der Waals surface area contributed by atoms with E-state index in [1.807, 2.05) is 6.07 Å². The molecular weight excluding hydrogens is 433 g/mol. The number of hydrogen-bond acceptors (Lipinski definition) is 5. The molecule has 0 aliphatic rings. The molecule has 0 aliphatic heterocycles. The summed E-state index contributed by atoms with van der Waals surface area (Å²) in [4.78, 5) is 13.6. The summed E-state index contributed by atoms with van der Waals surface area (Å²) in [6.07, 6.45) is 0.382. The second-order valence-electron chi connectivity index (χ2n) is 6.93. The Bertz CT molecular complexity index is 1290. The van der Waals surface area contributed by atoms with E-state index < -0.39 is 15.8 Å². The van der Waals surface area contributed by atoms with E-state index in [0.29, 0.717) is 17.7 Å². The second-order valence-corrected chi connectivity index (χ2v) is 8.50. The number of sulfonamides is 1. The van der Waals surface area contributed by atoms with Crippen molar-refractivity contribution < 1.29 is 22.3 Å². The van der Waals surface area contributed by atoms with Gasteiger partial charge in [-0.1, -0.05) is 18.2 Å². The first-order valence-corrected chi connectivity index (χ1v) is 11.1. The Balaban J connectivity index is 1.78. The first-order valence-electron chi connectivity index (χ1n) is 9.55. The zero-order valence-electron chi connectivity index (χ0n) is 17.2. The lowest BCUT2D eigenvalue weighted by Gasteiger charge is -2.21. The summed E-state index contributed by atoms with van der Waals surface area (Å²) >= 11 is 0. The van der Waals surface area contributed by atoms with E-state index in [0.717, 1.165) is 0 Å². The van der Waals surface area contributed by atoms with E-state index in [1.165, 1.54) is 48.2 Å². The van der Waals surface area contributed by atoms with Gasteiger partial charge in [0.1, 0.15) is 11.8 Å². The van der Waals surface area contributed by atoms with Crippen LogP contribution in [-0.4, -0.2) is 20.9 Å². The molecule has 3 aromatic carbocycles. The number of anilines is 1. The fraction of sp³-hybridized carbons (Fsp3) is 0.130. The molecule has 164 valence electrons. The fourth-order valence-corrected chi connectivity index (χ4v) is 3.59. The van der Waals surface area contributed by atoms with Gasteiger partial charge in [-0.05, 0) is 60.5 Å². The summed E-state index contributed by atoms with van der Waals surface area (Å²) in [7, 11) is -3.83. The number of nitrogens with two attached hydrogens (primary N) is 1.